The molecule has 0 bridgehead atoms. The first-order valence-electron chi connectivity index (χ1n) is 9.92. The van der Waals surface area contributed by atoms with E-state index in [1.807, 2.05) is 12.1 Å². The van der Waals surface area contributed by atoms with Gasteiger partial charge in [0.05, 0.1) is 6.04 Å². The van der Waals surface area contributed by atoms with Gasteiger partial charge in [-0.3, -0.25) is 4.90 Å². The molecule has 2 aliphatic heterocycles. The summed E-state index contributed by atoms with van der Waals surface area (Å²) in [6.07, 6.45) is 4.75. The van der Waals surface area contributed by atoms with Gasteiger partial charge in [-0.25, -0.2) is 0 Å². The van der Waals surface area contributed by atoms with Gasteiger partial charge < -0.3 is 9.64 Å². The van der Waals surface area contributed by atoms with Crippen LogP contribution in [0.2, 0.25) is 10.0 Å². The lowest BCUT2D eigenvalue weighted by Crippen LogP contribution is -2.48. The Morgan fingerprint density at radius 1 is 0.889 bits per heavy atom. The number of benzene rings is 2. The highest BCUT2D eigenvalue weighted by molar-refractivity contribution is 6.35. The Hall–Kier alpha value is -1.42. The Balaban J connectivity index is 1.41. The summed E-state index contributed by atoms with van der Waals surface area (Å²) < 4.78 is 6.52. The van der Waals surface area contributed by atoms with E-state index in [0.29, 0.717) is 11.1 Å². The molecule has 2 heterocycles. The van der Waals surface area contributed by atoms with Crippen LogP contribution in [0.15, 0.2) is 36.4 Å². The SMILES string of the molecule is Clc1cc(Cl)c2c(c1)[C@H](Oc1ccc(N3CCCC3)cc1)[C@@H](N1CCC1)C2. The summed E-state index contributed by atoms with van der Waals surface area (Å²) in [6.45, 7) is 4.59. The highest BCUT2D eigenvalue weighted by Gasteiger charge is 2.41. The van der Waals surface area contributed by atoms with Crippen molar-refractivity contribution in [3.63, 3.8) is 0 Å². The van der Waals surface area contributed by atoms with Gasteiger partial charge in [0, 0.05) is 34.4 Å². The lowest BCUT2D eigenvalue weighted by molar-refractivity contribution is 0.0386. The third-order valence-corrected chi connectivity index (χ3v) is 6.75. The van der Waals surface area contributed by atoms with Gasteiger partial charge in [0.25, 0.3) is 0 Å². The molecule has 0 radical (unpaired) electrons. The van der Waals surface area contributed by atoms with Gasteiger partial charge in [-0.05, 0) is 80.7 Å². The number of anilines is 1. The lowest BCUT2D eigenvalue weighted by Gasteiger charge is -2.39. The Bertz CT molecular complexity index is 829. The van der Waals surface area contributed by atoms with Crippen LogP contribution in [0, 0.1) is 0 Å². The Morgan fingerprint density at radius 3 is 2.30 bits per heavy atom. The summed E-state index contributed by atoms with van der Waals surface area (Å²) in [4.78, 5) is 4.95. The minimum absolute atomic E-state index is 0.0193. The normalized spacial score (nSPS) is 24.7. The second-order valence-corrected chi connectivity index (χ2v) is 8.69. The minimum atomic E-state index is -0.0193. The molecule has 2 aromatic carbocycles. The summed E-state index contributed by atoms with van der Waals surface area (Å²) >= 11 is 12.8. The summed E-state index contributed by atoms with van der Waals surface area (Å²) in [5.41, 5.74) is 3.63. The molecule has 0 unspecified atom stereocenters. The maximum Gasteiger partial charge on any atom is 0.140 e. The molecule has 0 aromatic heterocycles. The first-order valence-corrected chi connectivity index (χ1v) is 10.7. The first kappa shape index (κ1) is 17.7. The molecule has 5 rings (SSSR count). The van der Waals surface area contributed by atoms with Crippen LogP contribution in [-0.4, -0.2) is 37.1 Å². The number of rotatable bonds is 4. The Morgan fingerprint density at radius 2 is 1.63 bits per heavy atom. The molecule has 3 nitrogen and oxygen atoms in total. The van der Waals surface area contributed by atoms with E-state index < -0.39 is 0 Å². The van der Waals surface area contributed by atoms with Crippen LogP contribution in [0.3, 0.4) is 0 Å². The first-order chi connectivity index (χ1) is 13.2. The van der Waals surface area contributed by atoms with Gasteiger partial charge in [0.2, 0.25) is 0 Å². The van der Waals surface area contributed by atoms with E-state index in [1.54, 1.807) is 0 Å². The fraction of sp³-hybridized carbons (Fsp3) is 0.455. The fourth-order valence-electron chi connectivity index (χ4n) is 4.61. The van der Waals surface area contributed by atoms with E-state index in [9.17, 15) is 0 Å². The van der Waals surface area contributed by atoms with Crippen LogP contribution >= 0.6 is 23.2 Å². The van der Waals surface area contributed by atoms with Crippen LogP contribution in [0.25, 0.3) is 0 Å². The van der Waals surface area contributed by atoms with Crippen molar-refractivity contribution in [3.05, 3.63) is 57.6 Å². The van der Waals surface area contributed by atoms with Crippen molar-refractivity contribution in [3.8, 4) is 5.75 Å². The maximum atomic E-state index is 6.52. The third-order valence-electron chi connectivity index (χ3n) is 6.19. The predicted octanol–water partition coefficient (Wildman–Crippen LogP) is 5.34. The average molecular weight is 403 g/mol. The number of ether oxygens (including phenoxy) is 1. The number of likely N-dealkylation sites (tertiary alicyclic amines) is 1. The molecule has 0 amide bonds. The van der Waals surface area contributed by atoms with Crippen LogP contribution in [0.4, 0.5) is 5.69 Å². The lowest BCUT2D eigenvalue weighted by atomic mass is 10.1. The van der Waals surface area contributed by atoms with Crippen molar-refractivity contribution >= 4 is 28.9 Å². The van der Waals surface area contributed by atoms with Gasteiger partial charge in [0.15, 0.2) is 0 Å². The van der Waals surface area contributed by atoms with Gasteiger partial charge in [0.1, 0.15) is 11.9 Å². The molecule has 2 aromatic rings. The Kier molecular flexibility index (Phi) is 4.71. The van der Waals surface area contributed by atoms with Gasteiger partial charge in [-0.1, -0.05) is 23.2 Å². The van der Waals surface area contributed by atoms with Gasteiger partial charge >= 0.3 is 0 Å². The highest BCUT2D eigenvalue weighted by atomic mass is 35.5. The largest absolute Gasteiger partial charge is 0.484 e. The quantitative estimate of drug-likeness (QED) is 0.685. The highest BCUT2D eigenvalue weighted by Crippen LogP contribution is 2.43. The summed E-state index contributed by atoms with van der Waals surface area (Å²) in [5, 5.41) is 1.44. The van der Waals surface area contributed by atoms with Crippen molar-refractivity contribution in [2.24, 2.45) is 0 Å². The fourth-order valence-corrected chi connectivity index (χ4v) is 5.19. The number of hydrogen-bond donors (Lipinski definition) is 0. The average Bonchev–Trinajstić information content (AvgIpc) is 3.24. The summed E-state index contributed by atoms with van der Waals surface area (Å²) in [5.74, 6) is 0.914. The van der Waals surface area contributed by atoms with E-state index in [2.05, 4.69) is 34.1 Å². The molecule has 2 saturated heterocycles. The van der Waals surface area contributed by atoms with Crippen molar-refractivity contribution in [2.75, 3.05) is 31.1 Å². The topological polar surface area (TPSA) is 15.7 Å². The zero-order chi connectivity index (χ0) is 18.4. The maximum absolute atomic E-state index is 6.52. The van der Waals surface area contributed by atoms with Crippen LogP contribution in [0.1, 0.15) is 36.5 Å². The number of nitrogens with zero attached hydrogens (tertiary/aromatic N) is 2. The van der Waals surface area contributed by atoms with E-state index in [1.165, 1.54) is 30.5 Å². The summed E-state index contributed by atoms with van der Waals surface area (Å²) in [6, 6.07) is 12.8. The number of fused-ring (bicyclic) bond motifs is 1. The molecule has 27 heavy (non-hydrogen) atoms. The van der Waals surface area contributed by atoms with Crippen molar-refractivity contribution in [1.29, 1.82) is 0 Å². The molecular weight excluding hydrogens is 379 g/mol. The molecule has 2 fully saturated rings. The second-order valence-electron chi connectivity index (χ2n) is 7.84. The molecule has 0 spiro atoms. The molecule has 3 aliphatic rings. The van der Waals surface area contributed by atoms with E-state index in [0.717, 1.165) is 48.9 Å². The van der Waals surface area contributed by atoms with E-state index >= 15 is 0 Å². The van der Waals surface area contributed by atoms with Crippen LogP contribution < -0.4 is 9.64 Å². The van der Waals surface area contributed by atoms with E-state index in [4.69, 9.17) is 27.9 Å². The predicted molar refractivity (Wildman–Crippen MR) is 111 cm³/mol. The monoisotopic (exact) mass is 402 g/mol. The van der Waals surface area contributed by atoms with E-state index in [-0.39, 0.29) is 6.10 Å². The minimum Gasteiger partial charge on any atom is -0.484 e. The van der Waals surface area contributed by atoms with Crippen LogP contribution in [0.5, 0.6) is 5.75 Å². The van der Waals surface area contributed by atoms with Crippen LogP contribution in [-0.2, 0) is 6.42 Å². The standard InChI is InChI=1S/C22H24Cl2N2O/c23-15-12-19-18(20(24)13-15)14-21(26-10-3-11-26)22(19)27-17-6-4-16(5-7-17)25-8-1-2-9-25/h4-7,12-13,21-22H,1-3,8-11,14H2/t21-,22-/m0/s1. The smallest absolute Gasteiger partial charge is 0.140 e. The molecule has 142 valence electrons. The summed E-state index contributed by atoms with van der Waals surface area (Å²) in [7, 11) is 0. The zero-order valence-corrected chi connectivity index (χ0v) is 16.8. The number of hydrogen-bond acceptors (Lipinski definition) is 3. The molecule has 1 aliphatic carbocycles. The Labute approximate surface area is 170 Å². The number of halogens is 2. The molecule has 0 saturated carbocycles. The van der Waals surface area contributed by atoms with Crippen molar-refractivity contribution in [1.82, 2.24) is 4.90 Å². The molecule has 2 atom stereocenters. The molecule has 5 heteroatoms. The van der Waals surface area contributed by atoms with Crippen molar-refractivity contribution < 1.29 is 4.74 Å². The van der Waals surface area contributed by atoms with Gasteiger partial charge in [-0.2, -0.15) is 0 Å². The van der Waals surface area contributed by atoms with Gasteiger partial charge in [-0.15, -0.1) is 0 Å². The molecule has 0 N–H and O–H groups in total. The zero-order valence-electron chi connectivity index (χ0n) is 15.3. The molecular formula is C22H24Cl2N2O. The third kappa shape index (κ3) is 3.30. The van der Waals surface area contributed by atoms with Crippen molar-refractivity contribution in [2.45, 2.75) is 37.8 Å². The second kappa shape index (κ2) is 7.20.